The van der Waals surface area contributed by atoms with Gasteiger partial charge in [0.2, 0.25) is 0 Å². The first kappa shape index (κ1) is 15.1. The number of aromatic amines is 1. The molecule has 0 bridgehead atoms. The van der Waals surface area contributed by atoms with Gasteiger partial charge in [0.15, 0.2) is 5.03 Å². The summed E-state index contributed by atoms with van der Waals surface area (Å²) >= 11 is 0. The van der Waals surface area contributed by atoms with E-state index < -0.39 is 10.0 Å². The second-order valence-electron chi connectivity index (χ2n) is 5.64. The predicted molar refractivity (Wildman–Crippen MR) is 88.1 cm³/mol. The van der Waals surface area contributed by atoms with Crippen LogP contribution in [0.5, 0.6) is 5.75 Å². The number of pyridine rings is 1. The molecule has 2 aromatic heterocycles. The SMILES string of the molecule is O=S(=O)(c1cnc[nH]1)N1CC[C@@H](Oc2cccc3cccnc23)C1. The smallest absolute Gasteiger partial charge is 0.260 e. The number of hydrogen-bond donors (Lipinski definition) is 1. The lowest BCUT2D eigenvalue weighted by molar-refractivity contribution is 0.218. The maximum Gasteiger partial charge on any atom is 0.260 e. The van der Waals surface area contributed by atoms with Gasteiger partial charge >= 0.3 is 0 Å². The second-order valence-corrected chi connectivity index (χ2v) is 7.55. The van der Waals surface area contributed by atoms with Crippen LogP contribution >= 0.6 is 0 Å². The normalized spacial score (nSPS) is 18.9. The number of ether oxygens (including phenoxy) is 1. The molecule has 1 N–H and O–H groups in total. The number of nitrogens with one attached hydrogen (secondary N) is 1. The molecule has 0 unspecified atom stereocenters. The quantitative estimate of drug-likeness (QED) is 0.780. The topological polar surface area (TPSA) is 88.2 Å². The van der Waals surface area contributed by atoms with Crippen molar-refractivity contribution < 1.29 is 13.2 Å². The van der Waals surface area contributed by atoms with E-state index in [2.05, 4.69) is 15.0 Å². The summed E-state index contributed by atoms with van der Waals surface area (Å²) in [6, 6.07) is 9.59. The van der Waals surface area contributed by atoms with E-state index in [0.717, 1.165) is 10.9 Å². The molecule has 1 atom stereocenters. The van der Waals surface area contributed by atoms with Crippen LogP contribution in [0.3, 0.4) is 0 Å². The van der Waals surface area contributed by atoms with Gasteiger partial charge in [-0.15, -0.1) is 0 Å². The first-order valence-electron chi connectivity index (χ1n) is 7.63. The van der Waals surface area contributed by atoms with Crippen molar-refractivity contribution in [1.29, 1.82) is 0 Å². The number of nitrogens with zero attached hydrogens (tertiary/aromatic N) is 3. The summed E-state index contributed by atoms with van der Waals surface area (Å²) in [6.07, 6.45) is 4.84. The molecule has 1 aliphatic heterocycles. The molecule has 1 aliphatic rings. The van der Waals surface area contributed by atoms with Crippen LogP contribution in [0.2, 0.25) is 0 Å². The molecule has 1 fully saturated rings. The van der Waals surface area contributed by atoms with E-state index in [9.17, 15) is 8.42 Å². The summed E-state index contributed by atoms with van der Waals surface area (Å²) in [6.45, 7) is 0.731. The lowest BCUT2D eigenvalue weighted by Gasteiger charge is -2.17. The van der Waals surface area contributed by atoms with E-state index in [1.54, 1.807) is 6.20 Å². The molecule has 124 valence electrons. The minimum absolute atomic E-state index is 0.106. The van der Waals surface area contributed by atoms with Crippen LogP contribution in [0.1, 0.15) is 6.42 Å². The molecule has 8 heteroatoms. The summed E-state index contributed by atoms with van der Waals surface area (Å²) in [5.41, 5.74) is 0.787. The van der Waals surface area contributed by atoms with Crippen molar-refractivity contribution in [2.45, 2.75) is 17.6 Å². The lowest BCUT2D eigenvalue weighted by Crippen LogP contribution is -2.31. The molecule has 4 rings (SSSR count). The van der Waals surface area contributed by atoms with Crippen LogP contribution in [0.15, 0.2) is 54.1 Å². The molecule has 1 aromatic carbocycles. The number of hydrogen-bond acceptors (Lipinski definition) is 5. The fourth-order valence-electron chi connectivity index (χ4n) is 2.89. The number of fused-ring (bicyclic) bond motifs is 1. The van der Waals surface area contributed by atoms with E-state index in [1.807, 2.05) is 30.3 Å². The third-order valence-electron chi connectivity index (χ3n) is 4.09. The van der Waals surface area contributed by atoms with Gasteiger partial charge in [-0.25, -0.2) is 13.4 Å². The van der Waals surface area contributed by atoms with Crippen molar-refractivity contribution >= 4 is 20.9 Å². The zero-order valence-corrected chi connectivity index (χ0v) is 13.6. The average Bonchev–Trinajstić information content (AvgIpc) is 3.28. The molecule has 0 aliphatic carbocycles. The Morgan fingerprint density at radius 1 is 1.25 bits per heavy atom. The Morgan fingerprint density at radius 2 is 2.12 bits per heavy atom. The lowest BCUT2D eigenvalue weighted by atomic mass is 10.2. The number of H-pyrrole nitrogens is 1. The van der Waals surface area contributed by atoms with Crippen LogP contribution in [-0.2, 0) is 10.0 Å². The van der Waals surface area contributed by atoms with E-state index >= 15 is 0 Å². The minimum atomic E-state index is -3.54. The summed E-state index contributed by atoms with van der Waals surface area (Å²) in [7, 11) is -3.54. The molecule has 0 saturated carbocycles. The molecule has 3 heterocycles. The highest BCUT2D eigenvalue weighted by Crippen LogP contribution is 2.27. The van der Waals surface area contributed by atoms with Crippen molar-refractivity contribution in [3.05, 3.63) is 49.1 Å². The van der Waals surface area contributed by atoms with Crippen molar-refractivity contribution in [3.63, 3.8) is 0 Å². The fourth-order valence-corrected chi connectivity index (χ4v) is 4.27. The van der Waals surface area contributed by atoms with Gasteiger partial charge in [-0.2, -0.15) is 4.31 Å². The summed E-state index contributed by atoms with van der Waals surface area (Å²) in [5, 5.41) is 1.10. The van der Waals surface area contributed by atoms with Crippen LogP contribution in [0.4, 0.5) is 0 Å². The van der Waals surface area contributed by atoms with Crippen LogP contribution in [0.25, 0.3) is 10.9 Å². The molecule has 7 nitrogen and oxygen atoms in total. The number of para-hydroxylation sites is 1. The maximum atomic E-state index is 12.5. The molecule has 0 spiro atoms. The van der Waals surface area contributed by atoms with Gasteiger partial charge in [0.05, 0.1) is 19.1 Å². The van der Waals surface area contributed by atoms with Crippen LogP contribution in [0, 0.1) is 0 Å². The summed E-state index contributed by atoms with van der Waals surface area (Å²) < 4.78 is 32.4. The second kappa shape index (κ2) is 5.88. The highest BCUT2D eigenvalue weighted by atomic mass is 32.2. The highest BCUT2D eigenvalue weighted by molar-refractivity contribution is 7.89. The van der Waals surface area contributed by atoms with Crippen molar-refractivity contribution in [3.8, 4) is 5.75 Å². The zero-order chi connectivity index (χ0) is 16.6. The largest absolute Gasteiger partial charge is 0.487 e. The number of rotatable bonds is 4. The van der Waals surface area contributed by atoms with E-state index in [0.29, 0.717) is 25.3 Å². The van der Waals surface area contributed by atoms with Crippen LogP contribution in [-0.4, -0.2) is 46.9 Å². The Balaban J connectivity index is 1.53. The van der Waals surface area contributed by atoms with Crippen molar-refractivity contribution in [1.82, 2.24) is 19.3 Å². The van der Waals surface area contributed by atoms with Gasteiger partial charge in [-0.3, -0.25) is 4.98 Å². The first-order valence-corrected chi connectivity index (χ1v) is 9.07. The zero-order valence-electron chi connectivity index (χ0n) is 12.8. The Hall–Kier alpha value is -2.45. The monoisotopic (exact) mass is 344 g/mol. The summed E-state index contributed by atoms with van der Waals surface area (Å²) in [5.74, 6) is 0.680. The van der Waals surface area contributed by atoms with E-state index in [1.165, 1.54) is 16.8 Å². The van der Waals surface area contributed by atoms with Crippen LogP contribution < -0.4 is 4.74 Å². The van der Waals surface area contributed by atoms with Gasteiger partial charge in [-0.1, -0.05) is 18.2 Å². The Labute approximate surface area is 139 Å². The molecule has 3 aromatic rings. The number of imidazole rings is 1. The van der Waals surface area contributed by atoms with Gasteiger partial charge in [0.25, 0.3) is 10.0 Å². The minimum Gasteiger partial charge on any atom is -0.487 e. The Bertz CT molecular complexity index is 951. The standard InChI is InChI=1S/C16H16N4O3S/c21-24(22,15-9-17-11-19-15)20-8-6-13(10-20)23-14-5-1-3-12-4-2-7-18-16(12)14/h1-5,7,9,11,13H,6,8,10H2,(H,17,19)/t13-/m1/s1. The van der Waals surface area contributed by atoms with E-state index in [-0.39, 0.29) is 11.1 Å². The number of sulfonamides is 1. The number of benzene rings is 1. The third-order valence-corrected chi connectivity index (χ3v) is 5.88. The molecule has 0 amide bonds. The Kier molecular flexibility index (Phi) is 3.70. The Morgan fingerprint density at radius 3 is 2.96 bits per heavy atom. The van der Waals surface area contributed by atoms with E-state index in [4.69, 9.17) is 4.74 Å². The first-order chi connectivity index (χ1) is 11.6. The van der Waals surface area contributed by atoms with Crippen molar-refractivity contribution in [2.75, 3.05) is 13.1 Å². The predicted octanol–water partition coefficient (Wildman–Crippen LogP) is 1.80. The molecular weight excluding hydrogens is 328 g/mol. The molecule has 0 radical (unpaired) electrons. The number of aromatic nitrogens is 3. The molecule has 24 heavy (non-hydrogen) atoms. The van der Waals surface area contributed by atoms with Gasteiger partial charge < -0.3 is 9.72 Å². The summed E-state index contributed by atoms with van der Waals surface area (Å²) in [4.78, 5) is 10.8. The van der Waals surface area contributed by atoms with Crippen molar-refractivity contribution in [2.24, 2.45) is 0 Å². The maximum absolute atomic E-state index is 12.5. The third kappa shape index (κ3) is 2.63. The van der Waals surface area contributed by atoms with Gasteiger partial charge in [0, 0.05) is 18.1 Å². The average molecular weight is 344 g/mol. The van der Waals surface area contributed by atoms with Gasteiger partial charge in [0.1, 0.15) is 17.4 Å². The fraction of sp³-hybridized carbons (Fsp3) is 0.250. The molecule has 1 saturated heterocycles. The highest BCUT2D eigenvalue weighted by Gasteiger charge is 2.34. The molecular formula is C16H16N4O3S. The van der Waals surface area contributed by atoms with Gasteiger partial charge in [-0.05, 0) is 18.6 Å².